The predicted molar refractivity (Wildman–Crippen MR) is 57.0 cm³/mol. The fourth-order valence-electron chi connectivity index (χ4n) is 1.16. The quantitative estimate of drug-likeness (QED) is 0.813. The number of hydrogen-bond donors (Lipinski definition) is 1. The first-order valence-corrected chi connectivity index (χ1v) is 5.15. The molecule has 0 spiro atoms. The Morgan fingerprint density at radius 3 is 2.77 bits per heavy atom. The Labute approximate surface area is 90.4 Å². The van der Waals surface area contributed by atoms with Crippen LogP contribution in [-0.2, 0) is 0 Å². The highest BCUT2D eigenvalue weighted by Gasteiger charge is 2.10. The number of hydrogen-bond acceptors (Lipinski definition) is 2. The summed E-state index contributed by atoms with van der Waals surface area (Å²) in [5.74, 6) is -0.433. The molecule has 0 fully saturated rings. The number of fused-ring (bicyclic) bond motifs is 1. The minimum Gasteiger partial charge on any atom is -0.407 e. The number of nitrogens with one attached hydrogen (secondary N) is 1. The average Bonchev–Trinajstić information content (AvgIpc) is 2.44. The maximum absolute atomic E-state index is 10.9. The summed E-state index contributed by atoms with van der Waals surface area (Å²) in [6.45, 7) is 1.88. The molecule has 1 aromatic carbocycles. The van der Waals surface area contributed by atoms with Gasteiger partial charge in [-0.25, -0.2) is 4.79 Å². The molecule has 0 saturated heterocycles. The summed E-state index contributed by atoms with van der Waals surface area (Å²) in [5.41, 5.74) is 2.20. The smallest absolute Gasteiger partial charge is 0.407 e. The van der Waals surface area contributed by atoms with E-state index in [0.717, 1.165) is 14.5 Å². The van der Waals surface area contributed by atoms with E-state index in [1.807, 2.05) is 13.0 Å². The molecule has 0 aliphatic heterocycles. The number of benzene rings is 1. The van der Waals surface area contributed by atoms with Gasteiger partial charge in [0.25, 0.3) is 0 Å². The van der Waals surface area contributed by atoms with Crippen LogP contribution >= 0.6 is 31.9 Å². The Kier molecular flexibility index (Phi) is 2.08. The molecule has 0 atom stereocenters. The molecule has 0 aliphatic rings. The van der Waals surface area contributed by atoms with Crippen molar-refractivity contribution in [1.82, 2.24) is 4.98 Å². The molecule has 0 radical (unpaired) electrons. The van der Waals surface area contributed by atoms with Crippen LogP contribution in [0.5, 0.6) is 0 Å². The van der Waals surface area contributed by atoms with E-state index in [1.165, 1.54) is 0 Å². The molecule has 68 valence electrons. The maximum Gasteiger partial charge on any atom is 0.417 e. The highest BCUT2D eigenvalue weighted by molar-refractivity contribution is 9.11. The molecule has 2 rings (SSSR count). The number of oxazole rings is 1. The van der Waals surface area contributed by atoms with E-state index in [-0.39, 0.29) is 0 Å². The van der Waals surface area contributed by atoms with Crippen LogP contribution < -0.4 is 5.76 Å². The molecule has 0 bridgehead atoms. The van der Waals surface area contributed by atoms with E-state index in [9.17, 15) is 4.79 Å². The number of aromatic amines is 1. The molecule has 0 aliphatic carbocycles. The van der Waals surface area contributed by atoms with Crippen molar-refractivity contribution in [3.8, 4) is 0 Å². The van der Waals surface area contributed by atoms with Crippen molar-refractivity contribution in [3.05, 3.63) is 31.1 Å². The van der Waals surface area contributed by atoms with Gasteiger partial charge in [-0.15, -0.1) is 0 Å². The highest BCUT2D eigenvalue weighted by atomic mass is 79.9. The molecular formula is C8H5Br2NO2. The van der Waals surface area contributed by atoms with Crippen molar-refractivity contribution < 1.29 is 4.42 Å². The van der Waals surface area contributed by atoms with Gasteiger partial charge < -0.3 is 4.42 Å². The van der Waals surface area contributed by atoms with E-state index in [1.54, 1.807) is 0 Å². The Morgan fingerprint density at radius 2 is 2.08 bits per heavy atom. The normalized spacial score (nSPS) is 11.0. The Morgan fingerprint density at radius 1 is 1.38 bits per heavy atom. The zero-order valence-electron chi connectivity index (χ0n) is 6.65. The second-order valence-electron chi connectivity index (χ2n) is 2.68. The predicted octanol–water partition coefficient (Wildman–Crippen LogP) is 2.95. The monoisotopic (exact) mass is 305 g/mol. The fraction of sp³-hybridized carbons (Fsp3) is 0.125. The molecule has 1 heterocycles. The van der Waals surface area contributed by atoms with Gasteiger partial charge in [-0.2, -0.15) is 0 Å². The lowest BCUT2D eigenvalue weighted by Crippen LogP contribution is -1.93. The molecule has 0 unspecified atom stereocenters. The van der Waals surface area contributed by atoms with E-state index < -0.39 is 5.76 Å². The summed E-state index contributed by atoms with van der Waals surface area (Å²) in [6.07, 6.45) is 0. The van der Waals surface area contributed by atoms with Crippen LogP contribution in [0.1, 0.15) is 5.56 Å². The van der Waals surface area contributed by atoms with Crippen LogP contribution in [0, 0.1) is 6.92 Å². The van der Waals surface area contributed by atoms with E-state index in [2.05, 4.69) is 36.8 Å². The lowest BCUT2D eigenvalue weighted by Gasteiger charge is -1.99. The van der Waals surface area contributed by atoms with Crippen LogP contribution in [0.15, 0.2) is 24.2 Å². The first kappa shape index (κ1) is 9.02. The first-order chi connectivity index (χ1) is 6.09. The lowest BCUT2D eigenvalue weighted by molar-refractivity contribution is 0.553. The summed E-state index contributed by atoms with van der Waals surface area (Å²) in [5, 5.41) is 0. The molecule has 5 heteroatoms. The standard InChI is InChI=1S/C8H5Br2NO2/c1-3-4(9)2-5(10)6-7(3)13-8(12)11-6/h2H,1H3,(H,11,12). The third kappa shape index (κ3) is 1.36. The summed E-state index contributed by atoms with van der Waals surface area (Å²) < 4.78 is 6.71. The molecular weight excluding hydrogens is 302 g/mol. The average molecular weight is 307 g/mol. The number of aromatic nitrogens is 1. The van der Waals surface area contributed by atoms with Crippen molar-refractivity contribution >= 4 is 43.0 Å². The lowest BCUT2D eigenvalue weighted by atomic mass is 10.2. The van der Waals surface area contributed by atoms with Gasteiger partial charge in [-0.05, 0) is 28.9 Å². The number of rotatable bonds is 0. The largest absolute Gasteiger partial charge is 0.417 e. The van der Waals surface area contributed by atoms with Gasteiger partial charge in [0, 0.05) is 14.5 Å². The van der Waals surface area contributed by atoms with E-state index in [0.29, 0.717) is 11.1 Å². The summed E-state index contributed by atoms with van der Waals surface area (Å²) in [4.78, 5) is 13.6. The van der Waals surface area contributed by atoms with Crippen LogP contribution in [0.2, 0.25) is 0 Å². The van der Waals surface area contributed by atoms with Crippen molar-refractivity contribution in [1.29, 1.82) is 0 Å². The fourth-order valence-corrected chi connectivity index (χ4v) is 2.38. The van der Waals surface area contributed by atoms with Crippen LogP contribution in [0.3, 0.4) is 0 Å². The van der Waals surface area contributed by atoms with Gasteiger partial charge in [-0.3, -0.25) is 4.98 Å². The topological polar surface area (TPSA) is 46.0 Å². The molecule has 0 amide bonds. The number of H-pyrrole nitrogens is 1. The third-order valence-corrected chi connectivity index (χ3v) is 3.29. The Bertz CT molecular complexity index is 527. The van der Waals surface area contributed by atoms with Gasteiger partial charge >= 0.3 is 5.76 Å². The SMILES string of the molecule is Cc1c(Br)cc(Br)c2[nH]c(=O)oc12. The van der Waals surface area contributed by atoms with Crippen LogP contribution in [0.4, 0.5) is 0 Å². The second-order valence-corrected chi connectivity index (χ2v) is 4.39. The highest BCUT2D eigenvalue weighted by Crippen LogP contribution is 2.30. The third-order valence-electron chi connectivity index (χ3n) is 1.84. The molecule has 0 saturated carbocycles. The Hall–Kier alpha value is -0.550. The number of aryl methyl sites for hydroxylation is 1. The van der Waals surface area contributed by atoms with Crippen LogP contribution in [-0.4, -0.2) is 4.98 Å². The van der Waals surface area contributed by atoms with Crippen molar-refractivity contribution in [2.45, 2.75) is 6.92 Å². The van der Waals surface area contributed by atoms with Gasteiger partial charge in [0.1, 0.15) is 5.52 Å². The second kappa shape index (κ2) is 2.99. The maximum atomic E-state index is 10.9. The van der Waals surface area contributed by atoms with Gasteiger partial charge in [-0.1, -0.05) is 15.9 Å². The van der Waals surface area contributed by atoms with E-state index >= 15 is 0 Å². The van der Waals surface area contributed by atoms with Gasteiger partial charge in [0.05, 0.1) is 0 Å². The van der Waals surface area contributed by atoms with Crippen molar-refractivity contribution in [3.63, 3.8) is 0 Å². The minimum absolute atomic E-state index is 0.433. The molecule has 13 heavy (non-hydrogen) atoms. The summed E-state index contributed by atoms with van der Waals surface area (Å²) in [7, 11) is 0. The van der Waals surface area contributed by atoms with E-state index in [4.69, 9.17) is 4.42 Å². The molecule has 1 aromatic heterocycles. The number of halogens is 2. The zero-order chi connectivity index (χ0) is 9.59. The van der Waals surface area contributed by atoms with Crippen molar-refractivity contribution in [2.24, 2.45) is 0 Å². The molecule has 3 nitrogen and oxygen atoms in total. The summed E-state index contributed by atoms with van der Waals surface area (Å²) in [6, 6.07) is 1.88. The molecule has 2 aromatic rings. The Balaban J connectivity index is 3.04. The molecule has 1 N–H and O–H groups in total. The van der Waals surface area contributed by atoms with Gasteiger partial charge in [0.2, 0.25) is 0 Å². The summed E-state index contributed by atoms with van der Waals surface area (Å²) >= 11 is 6.71. The van der Waals surface area contributed by atoms with Crippen molar-refractivity contribution in [2.75, 3.05) is 0 Å². The van der Waals surface area contributed by atoms with Gasteiger partial charge in [0.15, 0.2) is 5.58 Å². The first-order valence-electron chi connectivity index (χ1n) is 3.57. The van der Waals surface area contributed by atoms with Crippen LogP contribution in [0.25, 0.3) is 11.1 Å². The minimum atomic E-state index is -0.433. The zero-order valence-corrected chi connectivity index (χ0v) is 9.82.